The van der Waals surface area contributed by atoms with Crippen LogP contribution in [0, 0.1) is 5.92 Å². The maximum Gasteiger partial charge on any atom is 0.306 e. The molecule has 0 amide bonds. The Hall–Kier alpha value is -1.32. The second-order valence-electron chi connectivity index (χ2n) is 8.31. The summed E-state index contributed by atoms with van der Waals surface area (Å²) in [5.41, 5.74) is 0. The Kier molecular flexibility index (Phi) is 26.5. The number of rotatable bonds is 20. The molecule has 0 aromatic carbocycles. The van der Waals surface area contributed by atoms with Gasteiger partial charge >= 0.3 is 11.9 Å². The van der Waals surface area contributed by atoms with E-state index in [1.165, 1.54) is 70.6 Å². The highest BCUT2D eigenvalue weighted by atomic mass is 16.4. The molecule has 0 aliphatic carbocycles. The molecule has 30 heavy (non-hydrogen) atoms. The zero-order valence-electron chi connectivity index (χ0n) is 20.2. The topological polar surface area (TPSA) is 74.6 Å². The first-order valence-corrected chi connectivity index (χ1v) is 12.6. The van der Waals surface area contributed by atoms with Crippen molar-refractivity contribution >= 4 is 11.9 Å². The van der Waals surface area contributed by atoms with E-state index in [1.54, 1.807) is 0 Å². The molecule has 0 aliphatic heterocycles. The van der Waals surface area contributed by atoms with Crippen LogP contribution in [0.15, 0.2) is 12.2 Å². The fourth-order valence-corrected chi connectivity index (χ4v) is 3.30. The van der Waals surface area contributed by atoms with Gasteiger partial charge in [0.1, 0.15) is 0 Å². The normalized spacial score (nSPS) is 11.8. The molecule has 2 N–H and O–H groups in total. The first-order chi connectivity index (χ1) is 14.5. The largest absolute Gasteiger partial charge is 0.481 e. The SMILES string of the molecule is CCCCC(CC)C(=O)O.CCCCCCCCC=CCCCCCCCC(=O)O. The summed E-state index contributed by atoms with van der Waals surface area (Å²) < 4.78 is 0. The highest BCUT2D eigenvalue weighted by molar-refractivity contribution is 5.69. The Morgan fingerprint density at radius 3 is 1.57 bits per heavy atom. The molecule has 0 fully saturated rings. The van der Waals surface area contributed by atoms with Crippen LogP contribution in [0.2, 0.25) is 0 Å². The summed E-state index contributed by atoms with van der Waals surface area (Å²) in [6, 6.07) is 0. The fraction of sp³-hybridized carbons (Fsp3) is 0.846. The van der Waals surface area contributed by atoms with Crippen LogP contribution in [-0.2, 0) is 9.59 Å². The van der Waals surface area contributed by atoms with Crippen molar-refractivity contribution in [2.75, 3.05) is 0 Å². The van der Waals surface area contributed by atoms with Gasteiger partial charge in [-0.1, -0.05) is 97.1 Å². The van der Waals surface area contributed by atoms with Gasteiger partial charge in [-0.2, -0.15) is 0 Å². The number of unbranched alkanes of at least 4 members (excludes halogenated alkanes) is 12. The number of carboxylic acid groups (broad SMARTS) is 2. The molecule has 1 atom stereocenters. The minimum Gasteiger partial charge on any atom is -0.481 e. The molecule has 0 spiro atoms. The van der Waals surface area contributed by atoms with Crippen molar-refractivity contribution in [2.45, 2.75) is 136 Å². The summed E-state index contributed by atoms with van der Waals surface area (Å²) in [5.74, 6) is -1.42. The van der Waals surface area contributed by atoms with Crippen LogP contribution >= 0.6 is 0 Å². The van der Waals surface area contributed by atoms with Gasteiger partial charge in [-0.3, -0.25) is 9.59 Å². The lowest BCUT2D eigenvalue weighted by Crippen LogP contribution is -2.11. The standard InChI is InChI=1S/C18H34O2.C8H16O2/c1-2-3-4-5-6-7-8-9-10-11-12-13-14-15-16-17-18(19)20;1-3-5-6-7(4-2)8(9)10/h9-10H,2-8,11-17H2,1H3,(H,19,20);7H,3-6H2,1-2H3,(H,9,10). The summed E-state index contributed by atoms with van der Waals surface area (Å²) in [5, 5.41) is 17.1. The molecule has 178 valence electrons. The van der Waals surface area contributed by atoms with Gasteiger partial charge in [-0.25, -0.2) is 0 Å². The van der Waals surface area contributed by atoms with E-state index in [1.807, 2.05) is 6.92 Å². The lowest BCUT2D eigenvalue weighted by molar-refractivity contribution is -0.142. The Balaban J connectivity index is 0. The third kappa shape index (κ3) is 26.7. The van der Waals surface area contributed by atoms with Gasteiger partial charge in [0, 0.05) is 6.42 Å². The van der Waals surface area contributed by atoms with Gasteiger partial charge in [-0.15, -0.1) is 0 Å². The molecule has 4 nitrogen and oxygen atoms in total. The molecule has 0 saturated heterocycles. The molecule has 0 heterocycles. The van der Waals surface area contributed by atoms with Gasteiger partial charge in [0.2, 0.25) is 0 Å². The summed E-state index contributed by atoms with van der Waals surface area (Å²) >= 11 is 0. The average molecular weight is 427 g/mol. The van der Waals surface area contributed by atoms with Crippen LogP contribution in [0.1, 0.15) is 136 Å². The van der Waals surface area contributed by atoms with Crippen molar-refractivity contribution in [1.82, 2.24) is 0 Å². The second-order valence-corrected chi connectivity index (χ2v) is 8.31. The average Bonchev–Trinajstić information content (AvgIpc) is 2.71. The Morgan fingerprint density at radius 1 is 0.667 bits per heavy atom. The molecule has 0 aromatic rings. The highest BCUT2D eigenvalue weighted by Crippen LogP contribution is 2.12. The van der Waals surface area contributed by atoms with Crippen LogP contribution in [0.5, 0.6) is 0 Å². The zero-order valence-corrected chi connectivity index (χ0v) is 20.2. The minimum atomic E-state index is -0.664. The lowest BCUT2D eigenvalue weighted by atomic mass is 10.00. The van der Waals surface area contributed by atoms with Crippen LogP contribution in [0.4, 0.5) is 0 Å². The van der Waals surface area contributed by atoms with Gasteiger partial charge in [0.25, 0.3) is 0 Å². The summed E-state index contributed by atoms with van der Waals surface area (Å²) in [6.45, 7) is 6.26. The van der Waals surface area contributed by atoms with E-state index in [9.17, 15) is 9.59 Å². The second kappa shape index (κ2) is 25.7. The number of aliphatic carboxylic acids is 2. The van der Waals surface area contributed by atoms with Crippen molar-refractivity contribution < 1.29 is 19.8 Å². The summed E-state index contributed by atoms with van der Waals surface area (Å²) in [7, 11) is 0. The van der Waals surface area contributed by atoms with Crippen molar-refractivity contribution in [1.29, 1.82) is 0 Å². The molecule has 0 aromatic heterocycles. The molecule has 4 heteroatoms. The monoisotopic (exact) mass is 426 g/mol. The van der Waals surface area contributed by atoms with E-state index in [4.69, 9.17) is 10.2 Å². The maximum atomic E-state index is 10.4. The minimum absolute atomic E-state index is 0.111. The van der Waals surface area contributed by atoms with E-state index in [0.29, 0.717) is 6.42 Å². The van der Waals surface area contributed by atoms with Gasteiger partial charge in [0.15, 0.2) is 0 Å². The fourth-order valence-electron chi connectivity index (χ4n) is 3.30. The van der Waals surface area contributed by atoms with E-state index in [0.717, 1.165) is 38.5 Å². The van der Waals surface area contributed by atoms with Gasteiger partial charge in [0.05, 0.1) is 5.92 Å². The molecular weight excluding hydrogens is 376 g/mol. The molecule has 0 aliphatic rings. The summed E-state index contributed by atoms with van der Waals surface area (Å²) in [6.07, 6.45) is 25.0. The molecule has 0 radical (unpaired) electrons. The number of allylic oxidation sites excluding steroid dienone is 2. The molecule has 1 unspecified atom stereocenters. The number of hydrogen-bond acceptors (Lipinski definition) is 2. The zero-order chi connectivity index (χ0) is 22.9. The highest BCUT2D eigenvalue weighted by Gasteiger charge is 2.12. The summed E-state index contributed by atoms with van der Waals surface area (Å²) in [4.78, 5) is 20.8. The number of carbonyl (C=O) groups is 2. The van der Waals surface area contributed by atoms with Crippen LogP contribution in [-0.4, -0.2) is 22.2 Å². The quantitative estimate of drug-likeness (QED) is 0.151. The van der Waals surface area contributed by atoms with E-state index in [2.05, 4.69) is 26.0 Å². The van der Waals surface area contributed by atoms with Crippen molar-refractivity contribution in [3.05, 3.63) is 12.2 Å². The lowest BCUT2D eigenvalue weighted by Gasteiger charge is -2.06. The molecule has 0 rings (SSSR count). The third-order valence-corrected chi connectivity index (χ3v) is 5.40. The van der Waals surface area contributed by atoms with Gasteiger partial charge in [-0.05, 0) is 44.9 Å². The van der Waals surface area contributed by atoms with Crippen LogP contribution in [0.25, 0.3) is 0 Å². The number of carboxylic acids is 2. The predicted molar refractivity (Wildman–Crippen MR) is 128 cm³/mol. The molecule has 0 bridgehead atoms. The van der Waals surface area contributed by atoms with E-state index in [-0.39, 0.29) is 5.92 Å². The molecule has 0 saturated carbocycles. The van der Waals surface area contributed by atoms with Crippen molar-refractivity contribution in [3.8, 4) is 0 Å². The van der Waals surface area contributed by atoms with Crippen LogP contribution < -0.4 is 0 Å². The molecular formula is C26H50O4. The van der Waals surface area contributed by atoms with Crippen LogP contribution in [0.3, 0.4) is 0 Å². The van der Waals surface area contributed by atoms with Crippen molar-refractivity contribution in [3.63, 3.8) is 0 Å². The smallest absolute Gasteiger partial charge is 0.306 e. The van der Waals surface area contributed by atoms with E-state index >= 15 is 0 Å². The first-order valence-electron chi connectivity index (χ1n) is 12.6. The maximum absolute atomic E-state index is 10.4. The first kappa shape index (κ1) is 30.9. The predicted octanol–water partition coefficient (Wildman–Crippen LogP) is 8.40. The van der Waals surface area contributed by atoms with Crippen molar-refractivity contribution in [2.24, 2.45) is 5.92 Å². The number of hydrogen-bond donors (Lipinski definition) is 2. The third-order valence-electron chi connectivity index (χ3n) is 5.40. The Morgan fingerprint density at radius 2 is 1.13 bits per heavy atom. The van der Waals surface area contributed by atoms with Gasteiger partial charge < -0.3 is 10.2 Å². The Bertz CT molecular complexity index is 404. The Labute approximate surface area is 186 Å². The van der Waals surface area contributed by atoms with E-state index < -0.39 is 11.9 Å².